The number of halogens is 1. The van der Waals surface area contributed by atoms with E-state index >= 15 is 0 Å². The third-order valence-corrected chi connectivity index (χ3v) is 3.83. The molecule has 1 aromatic heterocycles. The first kappa shape index (κ1) is 18.4. The Morgan fingerprint density at radius 2 is 1.96 bits per heavy atom. The second kappa shape index (κ2) is 9.40. The molecule has 128 valence electrons. The van der Waals surface area contributed by atoms with Crippen LogP contribution in [-0.2, 0) is 16.0 Å². The Hall–Kier alpha value is -1.91. The lowest BCUT2D eigenvalue weighted by Gasteiger charge is -2.17. The smallest absolute Gasteiger partial charge is 0.228 e. The summed E-state index contributed by atoms with van der Waals surface area (Å²) in [6, 6.07) is 13.1. The van der Waals surface area contributed by atoms with Crippen molar-refractivity contribution in [3.63, 3.8) is 0 Å². The zero-order valence-corrected chi connectivity index (χ0v) is 14.8. The van der Waals surface area contributed by atoms with Gasteiger partial charge in [0.15, 0.2) is 0 Å². The van der Waals surface area contributed by atoms with Gasteiger partial charge in [0.05, 0.1) is 18.6 Å². The minimum absolute atomic E-state index is 0.0321. The molecule has 1 unspecified atom stereocenters. The van der Waals surface area contributed by atoms with Crippen LogP contribution in [0.25, 0.3) is 0 Å². The molecule has 1 atom stereocenters. The molecule has 1 N–H and O–H groups in total. The highest BCUT2D eigenvalue weighted by Gasteiger charge is 2.21. The number of hydrogen-bond donors (Lipinski definition) is 1. The Labute approximate surface area is 148 Å². The van der Waals surface area contributed by atoms with Crippen LogP contribution in [0.1, 0.15) is 31.0 Å². The number of nitrogens with one attached hydrogen (secondary N) is 1. The number of rotatable bonds is 8. The fourth-order valence-corrected chi connectivity index (χ4v) is 2.50. The normalized spacial score (nSPS) is 12.2. The molecule has 0 radical (unpaired) electrons. The van der Waals surface area contributed by atoms with Crippen molar-refractivity contribution < 1.29 is 9.53 Å². The van der Waals surface area contributed by atoms with Crippen molar-refractivity contribution in [2.75, 3.05) is 13.2 Å². The number of carbonyl (C=O) groups excluding carboxylic acids is 1. The van der Waals surface area contributed by atoms with Gasteiger partial charge in [-0.1, -0.05) is 29.8 Å². The third-order valence-electron chi connectivity index (χ3n) is 3.58. The van der Waals surface area contributed by atoms with Crippen LogP contribution < -0.4 is 5.32 Å². The van der Waals surface area contributed by atoms with Gasteiger partial charge < -0.3 is 10.1 Å². The van der Waals surface area contributed by atoms with Gasteiger partial charge in [0, 0.05) is 29.9 Å². The van der Waals surface area contributed by atoms with E-state index in [1.54, 1.807) is 18.3 Å². The van der Waals surface area contributed by atoms with Crippen molar-refractivity contribution in [1.29, 1.82) is 0 Å². The number of ether oxygens (including phenoxy) is 1. The van der Waals surface area contributed by atoms with Crippen LogP contribution in [-0.4, -0.2) is 30.1 Å². The maximum absolute atomic E-state index is 12.7. The van der Waals surface area contributed by atoms with E-state index in [4.69, 9.17) is 16.3 Å². The summed E-state index contributed by atoms with van der Waals surface area (Å²) < 4.78 is 5.47. The molecule has 0 aliphatic carbocycles. The molecule has 0 spiro atoms. The minimum Gasteiger partial charge on any atom is -0.377 e. The molecule has 0 saturated carbocycles. The van der Waals surface area contributed by atoms with E-state index in [1.807, 2.05) is 44.2 Å². The van der Waals surface area contributed by atoms with Gasteiger partial charge in [0.2, 0.25) is 5.91 Å². The fourth-order valence-electron chi connectivity index (χ4n) is 2.38. The number of hydrogen-bond acceptors (Lipinski definition) is 3. The minimum atomic E-state index is -0.309. The molecule has 2 aromatic rings. The Balaban J connectivity index is 2.07. The van der Waals surface area contributed by atoms with E-state index in [0.29, 0.717) is 24.6 Å². The summed E-state index contributed by atoms with van der Waals surface area (Å²) in [6.45, 7) is 4.93. The van der Waals surface area contributed by atoms with Gasteiger partial charge in [0.1, 0.15) is 0 Å². The summed E-state index contributed by atoms with van der Waals surface area (Å²) in [4.78, 5) is 17.0. The highest BCUT2D eigenvalue weighted by Crippen LogP contribution is 2.22. The van der Waals surface area contributed by atoms with Gasteiger partial charge >= 0.3 is 0 Å². The SMILES string of the molecule is CC(C)OCCNC(=O)C(Cc1ccccn1)c1ccc(Cl)cc1. The van der Waals surface area contributed by atoms with Gasteiger partial charge in [-0.3, -0.25) is 9.78 Å². The van der Waals surface area contributed by atoms with E-state index < -0.39 is 0 Å². The quantitative estimate of drug-likeness (QED) is 0.743. The molecular formula is C19H23ClN2O2. The number of aromatic nitrogens is 1. The lowest BCUT2D eigenvalue weighted by atomic mass is 9.93. The fraction of sp³-hybridized carbons (Fsp3) is 0.368. The zero-order chi connectivity index (χ0) is 17.4. The van der Waals surface area contributed by atoms with Crippen molar-refractivity contribution in [1.82, 2.24) is 10.3 Å². The van der Waals surface area contributed by atoms with Gasteiger partial charge in [0.25, 0.3) is 0 Å². The molecule has 0 aliphatic heterocycles. The first-order valence-electron chi connectivity index (χ1n) is 8.11. The third kappa shape index (κ3) is 5.95. The predicted octanol–water partition coefficient (Wildman–Crippen LogP) is 3.60. The maximum atomic E-state index is 12.7. The Kier molecular flexibility index (Phi) is 7.22. The van der Waals surface area contributed by atoms with E-state index in [9.17, 15) is 4.79 Å². The van der Waals surface area contributed by atoms with Gasteiger partial charge in [-0.2, -0.15) is 0 Å². The Morgan fingerprint density at radius 1 is 1.21 bits per heavy atom. The van der Waals surface area contributed by atoms with Crippen LogP contribution in [0.15, 0.2) is 48.7 Å². The predicted molar refractivity (Wildman–Crippen MR) is 96.2 cm³/mol. The topological polar surface area (TPSA) is 51.2 Å². The van der Waals surface area contributed by atoms with E-state index in [2.05, 4.69) is 10.3 Å². The molecular weight excluding hydrogens is 324 g/mol. The van der Waals surface area contributed by atoms with Crippen LogP contribution >= 0.6 is 11.6 Å². The van der Waals surface area contributed by atoms with Crippen LogP contribution in [0.4, 0.5) is 0 Å². The largest absolute Gasteiger partial charge is 0.377 e. The summed E-state index contributed by atoms with van der Waals surface area (Å²) >= 11 is 5.96. The second-order valence-corrected chi connectivity index (χ2v) is 6.28. The number of nitrogens with zero attached hydrogens (tertiary/aromatic N) is 1. The van der Waals surface area contributed by atoms with Gasteiger partial charge in [-0.15, -0.1) is 0 Å². The molecule has 5 heteroatoms. The van der Waals surface area contributed by atoms with Crippen LogP contribution in [0.5, 0.6) is 0 Å². The summed E-state index contributed by atoms with van der Waals surface area (Å²) in [7, 11) is 0. The highest BCUT2D eigenvalue weighted by molar-refractivity contribution is 6.30. The van der Waals surface area contributed by atoms with Gasteiger partial charge in [-0.05, 0) is 43.7 Å². The molecule has 0 bridgehead atoms. The standard InChI is InChI=1S/C19H23ClN2O2/c1-14(2)24-12-11-22-19(23)18(13-17-5-3-4-10-21-17)15-6-8-16(20)9-7-15/h3-10,14,18H,11-13H2,1-2H3,(H,22,23). The number of pyridine rings is 1. The Morgan fingerprint density at radius 3 is 2.58 bits per heavy atom. The molecule has 1 aromatic carbocycles. The Bertz CT molecular complexity index is 630. The monoisotopic (exact) mass is 346 g/mol. The molecule has 24 heavy (non-hydrogen) atoms. The summed E-state index contributed by atoms with van der Waals surface area (Å²) in [6.07, 6.45) is 2.43. The number of amides is 1. The molecule has 0 saturated heterocycles. The van der Waals surface area contributed by atoms with Crippen molar-refractivity contribution in [3.05, 3.63) is 64.9 Å². The zero-order valence-electron chi connectivity index (χ0n) is 14.0. The van der Waals surface area contributed by atoms with E-state index in [-0.39, 0.29) is 17.9 Å². The molecule has 0 fully saturated rings. The lowest BCUT2D eigenvalue weighted by molar-refractivity contribution is -0.122. The van der Waals surface area contributed by atoms with Crippen molar-refractivity contribution in [2.24, 2.45) is 0 Å². The first-order valence-corrected chi connectivity index (χ1v) is 8.48. The van der Waals surface area contributed by atoms with Crippen molar-refractivity contribution in [2.45, 2.75) is 32.3 Å². The highest BCUT2D eigenvalue weighted by atomic mass is 35.5. The maximum Gasteiger partial charge on any atom is 0.228 e. The molecule has 2 rings (SSSR count). The van der Waals surface area contributed by atoms with Crippen LogP contribution in [0.2, 0.25) is 5.02 Å². The first-order chi connectivity index (χ1) is 11.6. The van der Waals surface area contributed by atoms with Crippen LogP contribution in [0.3, 0.4) is 0 Å². The molecule has 4 nitrogen and oxygen atoms in total. The molecule has 0 aliphatic rings. The van der Waals surface area contributed by atoms with E-state index in [1.165, 1.54) is 0 Å². The lowest BCUT2D eigenvalue weighted by Crippen LogP contribution is -2.33. The number of carbonyl (C=O) groups is 1. The molecule has 1 amide bonds. The second-order valence-electron chi connectivity index (χ2n) is 5.84. The van der Waals surface area contributed by atoms with Crippen molar-refractivity contribution >= 4 is 17.5 Å². The van der Waals surface area contributed by atoms with Crippen LogP contribution in [0, 0.1) is 0 Å². The van der Waals surface area contributed by atoms with Crippen molar-refractivity contribution in [3.8, 4) is 0 Å². The van der Waals surface area contributed by atoms with E-state index in [0.717, 1.165) is 11.3 Å². The summed E-state index contributed by atoms with van der Waals surface area (Å²) in [5.74, 6) is -0.341. The molecule has 1 heterocycles. The summed E-state index contributed by atoms with van der Waals surface area (Å²) in [5.41, 5.74) is 1.80. The van der Waals surface area contributed by atoms with Gasteiger partial charge in [-0.25, -0.2) is 0 Å². The average molecular weight is 347 g/mol. The average Bonchev–Trinajstić information content (AvgIpc) is 2.58. The number of benzene rings is 1. The summed E-state index contributed by atoms with van der Waals surface area (Å²) in [5, 5.41) is 3.60.